The maximum Gasteiger partial charge on any atom is 0.246 e. The molecule has 0 N–H and O–H groups in total. The molecule has 9 heteroatoms. The van der Waals surface area contributed by atoms with Crippen molar-refractivity contribution in [2.45, 2.75) is 44.2 Å². The highest BCUT2D eigenvalue weighted by Crippen LogP contribution is 2.22. The lowest BCUT2D eigenvalue weighted by molar-refractivity contribution is 0.350. The Morgan fingerprint density at radius 1 is 1.33 bits per heavy atom. The number of nitrogens with zero attached hydrogens (tertiary/aromatic N) is 3. The Labute approximate surface area is 125 Å². The van der Waals surface area contributed by atoms with Gasteiger partial charge in [-0.3, -0.25) is 4.68 Å². The number of rotatable bonds is 3. The molecule has 1 fully saturated rings. The smallest absolute Gasteiger partial charge is 0.246 e. The lowest BCUT2D eigenvalue weighted by atomic mass is 10.3. The third-order valence-corrected chi connectivity index (χ3v) is 7.30. The van der Waals surface area contributed by atoms with Gasteiger partial charge in [-0.15, -0.1) is 0 Å². The number of sulfone groups is 1. The fourth-order valence-electron chi connectivity index (χ4n) is 2.27. The lowest BCUT2D eigenvalue weighted by Gasteiger charge is -2.24. The van der Waals surface area contributed by atoms with Gasteiger partial charge < -0.3 is 0 Å². The minimum atomic E-state index is -3.71. The Kier molecular flexibility index (Phi) is 4.46. The predicted molar refractivity (Wildman–Crippen MR) is 79.2 cm³/mol. The van der Waals surface area contributed by atoms with E-state index in [9.17, 15) is 16.8 Å². The summed E-state index contributed by atoms with van der Waals surface area (Å²) in [7, 11) is -6.87. The average Bonchev–Trinajstić information content (AvgIpc) is 2.82. The first kappa shape index (κ1) is 16.4. The van der Waals surface area contributed by atoms with Gasteiger partial charge in [-0.25, -0.2) is 16.8 Å². The van der Waals surface area contributed by atoms with Crippen molar-refractivity contribution in [3.05, 3.63) is 12.4 Å². The number of aromatic nitrogens is 2. The molecule has 7 nitrogen and oxygen atoms in total. The highest BCUT2D eigenvalue weighted by Gasteiger charge is 2.34. The van der Waals surface area contributed by atoms with Crippen molar-refractivity contribution in [1.82, 2.24) is 14.1 Å². The zero-order valence-electron chi connectivity index (χ0n) is 12.4. The van der Waals surface area contributed by atoms with Gasteiger partial charge in [0.2, 0.25) is 10.0 Å². The molecular formula is C12H21N3O4S2. The van der Waals surface area contributed by atoms with Crippen molar-refractivity contribution >= 4 is 19.9 Å². The van der Waals surface area contributed by atoms with Crippen LogP contribution in [0.25, 0.3) is 0 Å². The third-order valence-electron chi connectivity index (χ3n) is 3.67. The summed E-state index contributed by atoms with van der Waals surface area (Å²) >= 11 is 0. The van der Waals surface area contributed by atoms with Crippen LogP contribution < -0.4 is 0 Å². The Balaban J connectivity index is 2.33. The fourth-order valence-corrected chi connectivity index (χ4v) is 5.37. The third kappa shape index (κ3) is 3.46. The molecule has 0 aliphatic carbocycles. The van der Waals surface area contributed by atoms with E-state index in [-0.39, 0.29) is 35.0 Å². The van der Waals surface area contributed by atoms with Gasteiger partial charge in [0.05, 0.1) is 17.7 Å². The van der Waals surface area contributed by atoms with Crippen molar-refractivity contribution in [2.75, 3.05) is 18.1 Å². The molecule has 0 saturated carbocycles. The van der Waals surface area contributed by atoms with Gasteiger partial charge in [0.15, 0.2) is 9.84 Å². The summed E-state index contributed by atoms with van der Waals surface area (Å²) < 4.78 is 51.6. The minimum absolute atomic E-state index is 0.00130. The van der Waals surface area contributed by atoms with Gasteiger partial charge in [-0.1, -0.05) is 0 Å². The quantitative estimate of drug-likeness (QED) is 0.809. The van der Waals surface area contributed by atoms with Crippen LogP contribution in [0.1, 0.15) is 33.2 Å². The Morgan fingerprint density at radius 2 is 2.00 bits per heavy atom. The SMILES string of the molecule is CC1CCS(=O)(=O)CCN1S(=O)(=O)c1cnn(C(C)C)c1. The van der Waals surface area contributed by atoms with E-state index >= 15 is 0 Å². The molecule has 2 heterocycles. The summed E-state index contributed by atoms with van der Waals surface area (Å²) in [6.45, 7) is 5.55. The van der Waals surface area contributed by atoms with Crippen molar-refractivity contribution in [1.29, 1.82) is 0 Å². The Hall–Kier alpha value is -0.930. The molecule has 120 valence electrons. The van der Waals surface area contributed by atoms with Crippen LogP contribution in [-0.4, -0.2) is 55.0 Å². The predicted octanol–water partition coefficient (Wildman–Crippen LogP) is 0.662. The van der Waals surface area contributed by atoms with Crippen LogP contribution in [0.5, 0.6) is 0 Å². The summed E-state index contributed by atoms with van der Waals surface area (Å²) in [5.74, 6) is -0.0969. The normalized spacial score (nSPS) is 24.1. The first-order valence-corrected chi connectivity index (χ1v) is 10.2. The van der Waals surface area contributed by atoms with Crippen LogP contribution in [0, 0.1) is 0 Å². The second-order valence-electron chi connectivity index (χ2n) is 5.66. The second-order valence-corrected chi connectivity index (χ2v) is 9.85. The standard InChI is InChI=1S/C12H21N3O4S2/c1-10(2)14-9-12(8-13-14)21(18,19)15-5-7-20(16,17)6-4-11(15)3/h8-11H,4-7H2,1-3H3. The number of sulfonamides is 1. The second kappa shape index (κ2) is 5.69. The van der Waals surface area contributed by atoms with Gasteiger partial charge >= 0.3 is 0 Å². The Bertz CT molecular complexity index is 707. The molecule has 1 atom stereocenters. The maximum atomic E-state index is 12.7. The number of hydrogen-bond acceptors (Lipinski definition) is 5. The average molecular weight is 335 g/mol. The molecule has 2 rings (SSSR count). The van der Waals surface area contributed by atoms with E-state index in [0.29, 0.717) is 6.42 Å². The zero-order valence-corrected chi connectivity index (χ0v) is 14.1. The molecule has 21 heavy (non-hydrogen) atoms. The summed E-state index contributed by atoms with van der Waals surface area (Å²) in [6, 6.07) is -0.273. The van der Waals surface area contributed by atoms with Crippen molar-refractivity contribution < 1.29 is 16.8 Å². The molecule has 1 aliphatic heterocycles. The maximum absolute atomic E-state index is 12.7. The van der Waals surface area contributed by atoms with Crippen molar-refractivity contribution in [2.24, 2.45) is 0 Å². The molecule has 1 aliphatic rings. The van der Waals surface area contributed by atoms with Gasteiger partial charge in [-0.05, 0) is 27.2 Å². The van der Waals surface area contributed by atoms with Crippen LogP contribution >= 0.6 is 0 Å². The summed E-state index contributed by atoms with van der Waals surface area (Å²) in [5, 5.41) is 4.05. The molecule has 0 bridgehead atoms. The van der Waals surface area contributed by atoms with Crippen LogP contribution in [0.4, 0.5) is 0 Å². The van der Waals surface area contributed by atoms with Gasteiger partial charge in [0.25, 0.3) is 0 Å². The monoisotopic (exact) mass is 335 g/mol. The zero-order chi connectivity index (χ0) is 15.8. The summed E-state index contributed by atoms with van der Waals surface area (Å²) in [4.78, 5) is 0.113. The largest absolute Gasteiger partial charge is 0.269 e. The highest BCUT2D eigenvalue weighted by atomic mass is 32.2. The molecule has 1 unspecified atom stereocenters. The van der Waals surface area contributed by atoms with E-state index < -0.39 is 19.9 Å². The highest BCUT2D eigenvalue weighted by molar-refractivity contribution is 7.91. The van der Waals surface area contributed by atoms with E-state index in [2.05, 4.69) is 5.10 Å². The Morgan fingerprint density at radius 3 is 2.57 bits per heavy atom. The lowest BCUT2D eigenvalue weighted by Crippen LogP contribution is -2.39. The van der Waals surface area contributed by atoms with Crippen LogP contribution in [0.15, 0.2) is 17.3 Å². The van der Waals surface area contributed by atoms with E-state index in [0.717, 1.165) is 0 Å². The van der Waals surface area contributed by atoms with E-state index in [4.69, 9.17) is 0 Å². The molecule has 0 amide bonds. The summed E-state index contributed by atoms with van der Waals surface area (Å²) in [5.41, 5.74) is 0. The first-order chi connectivity index (χ1) is 9.63. The van der Waals surface area contributed by atoms with Gasteiger partial charge in [-0.2, -0.15) is 9.40 Å². The first-order valence-electron chi connectivity index (χ1n) is 6.90. The van der Waals surface area contributed by atoms with Crippen LogP contribution in [0.3, 0.4) is 0 Å². The fraction of sp³-hybridized carbons (Fsp3) is 0.750. The molecular weight excluding hydrogens is 314 g/mol. The molecule has 0 spiro atoms. The minimum Gasteiger partial charge on any atom is -0.269 e. The number of hydrogen-bond donors (Lipinski definition) is 0. The van der Waals surface area contributed by atoms with Crippen LogP contribution in [0.2, 0.25) is 0 Å². The van der Waals surface area contributed by atoms with Gasteiger partial charge in [0.1, 0.15) is 4.90 Å². The molecule has 1 saturated heterocycles. The van der Waals surface area contributed by atoms with E-state index in [1.165, 1.54) is 16.7 Å². The topological polar surface area (TPSA) is 89.3 Å². The molecule has 1 aromatic rings. The van der Waals surface area contributed by atoms with Crippen molar-refractivity contribution in [3.8, 4) is 0 Å². The molecule has 0 aromatic carbocycles. The molecule has 0 radical (unpaired) electrons. The summed E-state index contributed by atoms with van der Waals surface area (Å²) in [6.07, 6.45) is 3.13. The molecule has 1 aromatic heterocycles. The van der Waals surface area contributed by atoms with E-state index in [1.54, 1.807) is 11.6 Å². The van der Waals surface area contributed by atoms with Gasteiger partial charge in [0, 0.05) is 24.8 Å². The van der Waals surface area contributed by atoms with Crippen molar-refractivity contribution in [3.63, 3.8) is 0 Å². The van der Waals surface area contributed by atoms with Crippen LogP contribution in [-0.2, 0) is 19.9 Å². The van der Waals surface area contributed by atoms with E-state index in [1.807, 2.05) is 13.8 Å².